The molecule has 0 atom stereocenters. The molecule has 0 aliphatic heterocycles. The van der Waals surface area contributed by atoms with Gasteiger partial charge in [0.25, 0.3) is 0 Å². The van der Waals surface area contributed by atoms with Crippen molar-refractivity contribution in [3.05, 3.63) is 40.8 Å². The third-order valence-electron chi connectivity index (χ3n) is 2.84. The minimum absolute atomic E-state index is 0.0845. The lowest BCUT2D eigenvalue weighted by molar-refractivity contribution is 0.418. The lowest BCUT2D eigenvalue weighted by Gasteiger charge is -2.19. The fraction of sp³-hybridized carbons (Fsp3) is 0.400. The number of nitrogens with one attached hydrogen (secondary N) is 2. The molecule has 0 spiro atoms. The van der Waals surface area contributed by atoms with Crippen molar-refractivity contribution in [2.75, 3.05) is 0 Å². The van der Waals surface area contributed by atoms with Crippen molar-refractivity contribution in [3.63, 3.8) is 0 Å². The molecule has 2 rings (SSSR count). The number of imidazole rings is 1. The van der Waals surface area contributed by atoms with Crippen molar-refractivity contribution in [3.8, 4) is 11.3 Å². The van der Waals surface area contributed by atoms with Gasteiger partial charge in [-0.05, 0) is 39.8 Å². The van der Waals surface area contributed by atoms with Gasteiger partial charge in [0.15, 0.2) is 0 Å². The molecule has 102 valence electrons. The maximum Gasteiger partial charge on any atom is 0.121 e. The van der Waals surface area contributed by atoms with Gasteiger partial charge in [-0.1, -0.05) is 23.7 Å². The molecule has 4 heteroatoms. The molecule has 0 saturated heterocycles. The molecule has 0 bridgehead atoms. The van der Waals surface area contributed by atoms with Crippen molar-refractivity contribution in [1.29, 1.82) is 0 Å². The summed E-state index contributed by atoms with van der Waals surface area (Å²) in [4.78, 5) is 7.98. The van der Waals surface area contributed by atoms with Crippen molar-refractivity contribution >= 4 is 11.6 Å². The third-order valence-corrected chi connectivity index (χ3v) is 3.09. The second-order valence-corrected chi connectivity index (χ2v) is 6.20. The molecule has 3 nitrogen and oxygen atoms in total. The maximum absolute atomic E-state index is 5.91. The van der Waals surface area contributed by atoms with Crippen molar-refractivity contribution in [2.24, 2.45) is 0 Å². The van der Waals surface area contributed by atoms with Crippen LogP contribution in [0, 0.1) is 6.92 Å². The molecule has 1 heterocycles. The second-order valence-electron chi connectivity index (χ2n) is 5.77. The normalized spacial score (nSPS) is 11.8. The zero-order valence-electron chi connectivity index (χ0n) is 11.8. The number of rotatable bonds is 3. The predicted molar refractivity (Wildman–Crippen MR) is 80.4 cm³/mol. The van der Waals surface area contributed by atoms with Gasteiger partial charge >= 0.3 is 0 Å². The van der Waals surface area contributed by atoms with Crippen LogP contribution in [0.4, 0.5) is 0 Å². The Morgan fingerprint density at radius 3 is 2.42 bits per heavy atom. The average Bonchev–Trinajstić information content (AvgIpc) is 2.68. The van der Waals surface area contributed by atoms with E-state index in [2.05, 4.69) is 36.1 Å². The maximum atomic E-state index is 5.91. The molecule has 1 aromatic carbocycles. The molecule has 2 N–H and O–H groups in total. The molecular weight excluding hydrogens is 258 g/mol. The van der Waals surface area contributed by atoms with E-state index in [0.29, 0.717) is 0 Å². The molecule has 0 aliphatic rings. The smallest absolute Gasteiger partial charge is 0.121 e. The van der Waals surface area contributed by atoms with Gasteiger partial charge in [-0.15, -0.1) is 0 Å². The SMILES string of the molecule is Cc1[nH]c(CNC(C)(C)C)nc1-c1ccc(Cl)cc1. The molecule has 2 aromatic rings. The first-order chi connectivity index (χ1) is 8.85. The second kappa shape index (κ2) is 5.35. The van der Waals surface area contributed by atoms with Crippen LogP contribution in [0.25, 0.3) is 11.3 Å². The van der Waals surface area contributed by atoms with Gasteiger partial charge in [-0.2, -0.15) is 0 Å². The largest absolute Gasteiger partial charge is 0.344 e. The van der Waals surface area contributed by atoms with E-state index in [0.717, 1.165) is 34.3 Å². The van der Waals surface area contributed by atoms with Crippen LogP contribution in [0.2, 0.25) is 5.02 Å². The number of aromatic nitrogens is 2. The fourth-order valence-corrected chi connectivity index (χ4v) is 1.97. The Kier molecular flexibility index (Phi) is 3.97. The van der Waals surface area contributed by atoms with Crippen molar-refractivity contribution < 1.29 is 0 Å². The molecular formula is C15H20ClN3. The monoisotopic (exact) mass is 277 g/mol. The van der Waals surface area contributed by atoms with Gasteiger partial charge in [0.1, 0.15) is 5.82 Å². The third kappa shape index (κ3) is 3.82. The summed E-state index contributed by atoms with van der Waals surface area (Å²) in [5.74, 6) is 0.956. The number of hydrogen-bond acceptors (Lipinski definition) is 2. The Balaban J connectivity index is 2.19. The molecule has 1 aromatic heterocycles. The molecule has 0 amide bonds. The Morgan fingerprint density at radius 2 is 1.84 bits per heavy atom. The summed E-state index contributed by atoms with van der Waals surface area (Å²) in [6.45, 7) is 9.20. The van der Waals surface area contributed by atoms with Crippen LogP contribution in [0.3, 0.4) is 0 Å². The number of aromatic amines is 1. The van der Waals surface area contributed by atoms with Crippen LogP contribution < -0.4 is 5.32 Å². The van der Waals surface area contributed by atoms with Crippen molar-refractivity contribution in [1.82, 2.24) is 15.3 Å². The van der Waals surface area contributed by atoms with E-state index < -0.39 is 0 Å². The Labute approximate surface area is 119 Å². The molecule has 0 saturated carbocycles. The summed E-state index contributed by atoms with van der Waals surface area (Å²) in [6.07, 6.45) is 0. The quantitative estimate of drug-likeness (QED) is 0.892. The number of aryl methyl sites for hydroxylation is 1. The van der Waals surface area contributed by atoms with Gasteiger partial charge in [0.2, 0.25) is 0 Å². The summed E-state index contributed by atoms with van der Waals surface area (Å²) < 4.78 is 0. The van der Waals surface area contributed by atoms with Crippen LogP contribution in [0.1, 0.15) is 32.3 Å². The topological polar surface area (TPSA) is 40.7 Å². The zero-order valence-corrected chi connectivity index (χ0v) is 12.6. The Hall–Kier alpha value is -1.32. The number of benzene rings is 1. The van der Waals surface area contributed by atoms with E-state index in [-0.39, 0.29) is 5.54 Å². The Bertz CT molecular complexity index is 550. The van der Waals surface area contributed by atoms with E-state index in [1.54, 1.807) is 0 Å². The van der Waals surface area contributed by atoms with Crippen LogP contribution >= 0.6 is 11.6 Å². The number of nitrogens with zero attached hydrogens (tertiary/aromatic N) is 1. The highest BCUT2D eigenvalue weighted by atomic mass is 35.5. The van der Waals surface area contributed by atoms with Gasteiger partial charge < -0.3 is 10.3 Å². The molecule has 0 fully saturated rings. The summed E-state index contributed by atoms with van der Waals surface area (Å²) in [6, 6.07) is 7.76. The van der Waals surface area contributed by atoms with Crippen LogP contribution in [-0.2, 0) is 6.54 Å². The number of halogens is 1. The molecule has 0 radical (unpaired) electrons. The lowest BCUT2D eigenvalue weighted by atomic mass is 10.1. The first kappa shape index (κ1) is 14.1. The van der Waals surface area contributed by atoms with Crippen LogP contribution in [-0.4, -0.2) is 15.5 Å². The van der Waals surface area contributed by atoms with Gasteiger partial charge in [-0.3, -0.25) is 0 Å². The van der Waals surface area contributed by atoms with E-state index in [4.69, 9.17) is 11.6 Å². The summed E-state index contributed by atoms with van der Waals surface area (Å²) in [7, 11) is 0. The Morgan fingerprint density at radius 1 is 1.21 bits per heavy atom. The highest BCUT2D eigenvalue weighted by Gasteiger charge is 2.12. The minimum Gasteiger partial charge on any atom is -0.344 e. The van der Waals surface area contributed by atoms with Crippen LogP contribution in [0.15, 0.2) is 24.3 Å². The predicted octanol–water partition coefficient (Wildman–Crippen LogP) is 3.93. The number of H-pyrrole nitrogens is 1. The van der Waals surface area contributed by atoms with Crippen molar-refractivity contribution in [2.45, 2.75) is 39.8 Å². The summed E-state index contributed by atoms with van der Waals surface area (Å²) in [5, 5.41) is 4.17. The van der Waals surface area contributed by atoms with Gasteiger partial charge in [0, 0.05) is 21.8 Å². The summed E-state index contributed by atoms with van der Waals surface area (Å²) in [5.41, 5.74) is 3.23. The standard InChI is InChI=1S/C15H20ClN3/c1-10-14(11-5-7-12(16)8-6-11)19-13(18-10)9-17-15(2,3)4/h5-8,17H,9H2,1-4H3,(H,18,19). The minimum atomic E-state index is 0.0845. The van der Waals surface area contributed by atoms with E-state index in [1.165, 1.54) is 0 Å². The highest BCUT2D eigenvalue weighted by molar-refractivity contribution is 6.30. The summed E-state index contributed by atoms with van der Waals surface area (Å²) >= 11 is 5.91. The van der Waals surface area contributed by atoms with E-state index in [9.17, 15) is 0 Å². The van der Waals surface area contributed by atoms with E-state index >= 15 is 0 Å². The first-order valence-corrected chi connectivity index (χ1v) is 6.79. The fourth-order valence-electron chi connectivity index (χ4n) is 1.84. The van der Waals surface area contributed by atoms with E-state index in [1.807, 2.05) is 31.2 Å². The molecule has 19 heavy (non-hydrogen) atoms. The van der Waals surface area contributed by atoms with Gasteiger partial charge in [-0.25, -0.2) is 4.98 Å². The lowest BCUT2D eigenvalue weighted by Crippen LogP contribution is -2.35. The van der Waals surface area contributed by atoms with Gasteiger partial charge in [0.05, 0.1) is 12.2 Å². The zero-order chi connectivity index (χ0) is 14.0. The average molecular weight is 278 g/mol. The highest BCUT2D eigenvalue weighted by Crippen LogP contribution is 2.23. The number of hydrogen-bond donors (Lipinski definition) is 2. The molecule has 0 unspecified atom stereocenters. The molecule has 0 aliphatic carbocycles. The first-order valence-electron chi connectivity index (χ1n) is 6.41. The van der Waals surface area contributed by atoms with Crippen LogP contribution in [0.5, 0.6) is 0 Å².